The molecular weight excluding hydrogens is 404 g/mol. The van der Waals surface area contributed by atoms with Crippen LogP contribution < -0.4 is 16.0 Å². The number of rotatable bonds is 3. The fraction of sp³-hybridized carbons (Fsp3) is 0.160. The monoisotopic (exact) mass is 426 g/mol. The fourth-order valence-corrected chi connectivity index (χ4v) is 4.23. The number of aryl methyl sites for hydroxylation is 2. The van der Waals surface area contributed by atoms with Gasteiger partial charge in [-0.3, -0.25) is 13.9 Å². The zero-order chi connectivity index (χ0) is 22.6. The van der Waals surface area contributed by atoms with Crippen LogP contribution in [0.2, 0.25) is 0 Å². The van der Waals surface area contributed by atoms with Crippen molar-refractivity contribution in [2.45, 2.75) is 0 Å². The lowest BCUT2D eigenvalue weighted by Gasteiger charge is -2.13. The van der Waals surface area contributed by atoms with Crippen molar-refractivity contribution in [3.63, 3.8) is 0 Å². The lowest BCUT2D eigenvalue weighted by Crippen LogP contribution is -2.37. The Balaban J connectivity index is 1.94. The Morgan fingerprint density at radius 3 is 2.31 bits per heavy atom. The third-order valence-electron chi connectivity index (χ3n) is 5.98. The van der Waals surface area contributed by atoms with Gasteiger partial charge in [0.1, 0.15) is 5.75 Å². The molecule has 5 rings (SSSR count). The van der Waals surface area contributed by atoms with Crippen LogP contribution in [0, 0.1) is 0 Å². The second-order valence-corrected chi connectivity index (χ2v) is 7.86. The molecule has 160 valence electrons. The highest BCUT2D eigenvalue weighted by atomic mass is 16.5. The number of hydrogen-bond donors (Lipinski definition) is 0. The van der Waals surface area contributed by atoms with E-state index in [4.69, 9.17) is 9.72 Å². The number of fused-ring (bicyclic) bond motifs is 2. The van der Waals surface area contributed by atoms with Crippen LogP contribution in [0.1, 0.15) is 0 Å². The lowest BCUT2D eigenvalue weighted by molar-refractivity contribution is 0.415. The van der Waals surface area contributed by atoms with E-state index in [1.165, 1.54) is 11.6 Å². The van der Waals surface area contributed by atoms with Crippen molar-refractivity contribution in [2.24, 2.45) is 21.1 Å². The van der Waals surface area contributed by atoms with E-state index in [0.29, 0.717) is 16.7 Å². The molecule has 0 saturated carbocycles. The Morgan fingerprint density at radius 2 is 1.59 bits per heavy atom. The van der Waals surface area contributed by atoms with Gasteiger partial charge in [0, 0.05) is 54.9 Å². The zero-order valence-corrected chi connectivity index (χ0v) is 18.3. The van der Waals surface area contributed by atoms with Crippen LogP contribution in [0.3, 0.4) is 0 Å². The van der Waals surface area contributed by atoms with Gasteiger partial charge in [0.2, 0.25) is 0 Å². The molecule has 0 bridgehead atoms. The predicted molar refractivity (Wildman–Crippen MR) is 126 cm³/mol. The van der Waals surface area contributed by atoms with Gasteiger partial charge in [-0.2, -0.15) is 0 Å². The van der Waals surface area contributed by atoms with Gasteiger partial charge in [0.15, 0.2) is 5.65 Å². The van der Waals surface area contributed by atoms with Crippen LogP contribution in [-0.2, 0) is 21.1 Å². The van der Waals surface area contributed by atoms with Crippen LogP contribution in [0.5, 0.6) is 5.75 Å². The first-order valence-electron chi connectivity index (χ1n) is 10.2. The molecule has 0 spiro atoms. The Morgan fingerprint density at radius 1 is 0.875 bits per heavy atom. The first-order chi connectivity index (χ1) is 15.4. The van der Waals surface area contributed by atoms with Crippen LogP contribution >= 0.6 is 0 Å². The molecule has 0 aliphatic heterocycles. The molecule has 32 heavy (non-hydrogen) atoms. The molecule has 7 heteroatoms. The summed E-state index contributed by atoms with van der Waals surface area (Å²) in [5, 5.41) is 1.45. The number of aromatic nitrogens is 4. The summed E-state index contributed by atoms with van der Waals surface area (Å²) >= 11 is 0. The minimum absolute atomic E-state index is 0.356. The fourth-order valence-electron chi connectivity index (χ4n) is 4.23. The topological polar surface area (TPSA) is 71.0 Å². The zero-order valence-electron chi connectivity index (χ0n) is 18.3. The summed E-state index contributed by atoms with van der Waals surface area (Å²) in [6.07, 6.45) is 2.02. The molecule has 7 nitrogen and oxygen atoms in total. The van der Waals surface area contributed by atoms with Gasteiger partial charge in [0.05, 0.1) is 18.2 Å². The molecule has 2 aromatic carbocycles. The maximum atomic E-state index is 13.3. The highest BCUT2D eigenvalue weighted by Crippen LogP contribution is 2.35. The minimum atomic E-state index is -0.411. The number of pyridine rings is 1. The summed E-state index contributed by atoms with van der Waals surface area (Å²) in [5.41, 5.74) is 3.84. The number of nitrogens with zero attached hydrogens (tertiary/aromatic N) is 4. The second-order valence-electron chi connectivity index (χ2n) is 7.86. The average molecular weight is 426 g/mol. The molecule has 0 radical (unpaired) electrons. The SMILES string of the molecule is COc1ccc(-c2cc(-c3cn(C)c4ccccc34)c3c(=O)n(C)c(=O)n(C)c3n2)cc1. The number of hydrogen-bond acceptors (Lipinski definition) is 4. The first-order valence-corrected chi connectivity index (χ1v) is 10.2. The summed E-state index contributed by atoms with van der Waals surface area (Å²) in [4.78, 5) is 30.7. The van der Waals surface area contributed by atoms with Crippen molar-refractivity contribution in [3.05, 3.63) is 81.6 Å². The third-order valence-corrected chi connectivity index (χ3v) is 5.98. The largest absolute Gasteiger partial charge is 0.497 e. The van der Waals surface area contributed by atoms with E-state index in [0.717, 1.165) is 37.9 Å². The normalized spacial score (nSPS) is 11.4. The first kappa shape index (κ1) is 19.8. The highest BCUT2D eigenvalue weighted by molar-refractivity contribution is 6.04. The van der Waals surface area contributed by atoms with Crippen molar-refractivity contribution >= 4 is 21.9 Å². The summed E-state index contributed by atoms with van der Waals surface area (Å²) in [7, 11) is 6.73. The van der Waals surface area contributed by atoms with E-state index in [9.17, 15) is 9.59 Å². The summed E-state index contributed by atoms with van der Waals surface area (Å²) in [6, 6.07) is 17.5. The van der Waals surface area contributed by atoms with E-state index in [-0.39, 0.29) is 5.56 Å². The molecule has 0 aliphatic rings. The molecule has 3 aromatic heterocycles. The molecular formula is C25H22N4O3. The van der Waals surface area contributed by atoms with Crippen LogP contribution in [-0.4, -0.2) is 25.8 Å². The molecule has 0 amide bonds. The van der Waals surface area contributed by atoms with Crippen molar-refractivity contribution in [3.8, 4) is 28.1 Å². The molecule has 5 aromatic rings. The third kappa shape index (κ3) is 2.85. The van der Waals surface area contributed by atoms with E-state index >= 15 is 0 Å². The summed E-state index contributed by atoms with van der Waals surface area (Å²) in [5.74, 6) is 0.741. The van der Waals surface area contributed by atoms with Gasteiger partial charge in [-0.1, -0.05) is 18.2 Å². The molecule has 0 aliphatic carbocycles. The molecule has 0 fully saturated rings. The smallest absolute Gasteiger partial charge is 0.332 e. The Kier molecular flexibility index (Phi) is 4.48. The van der Waals surface area contributed by atoms with Crippen LogP contribution in [0.25, 0.3) is 44.3 Å². The second kappa shape index (κ2) is 7.23. The number of benzene rings is 2. The predicted octanol–water partition coefficient (Wildman–Crippen LogP) is 3.47. The van der Waals surface area contributed by atoms with Gasteiger partial charge >= 0.3 is 5.69 Å². The summed E-state index contributed by atoms with van der Waals surface area (Å²) in [6.45, 7) is 0. The van der Waals surface area contributed by atoms with E-state index in [1.807, 2.05) is 72.4 Å². The van der Waals surface area contributed by atoms with Gasteiger partial charge in [-0.15, -0.1) is 0 Å². The van der Waals surface area contributed by atoms with Crippen LogP contribution in [0.15, 0.2) is 70.4 Å². The van der Waals surface area contributed by atoms with Gasteiger partial charge in [-0.05, 0) is 36.4 Å². The Bertz CT molecular complexity index is 1620. The molecule has 0 unspecified atom stereocenters. The van der Waals surface area contributed by atoms with Crippen molar-refractivity contribution < 1.29 is 4.74 Å². The van der Waals surface area contributed by atoms with Crippen LogP contribution in [0.4, 0.5) is 0 Å². The standard InChI is InChI=1S/C25H22N4O3/c1-27-14-19(17-7-5-6-8-21(17)27)18-13-20(15-9-11-16(32-4)12-10-15)26-23-22(18)24(30)29(3)25(31)28(23)2/h5-14H,1-4H3. The highest BCUT2D eigenvalue weighted by Gasteiger charge is 2.20. The van der Waals surface area contributed by atoms with Gasteiger partial charge in [-0.25, -0.2) is 9.78 Å². The minimum Gasteiger partial charge on any atom is -0.497 e. The number of ether oxygens (including phenoxy) is 1. The molecule has 3 heterocycles. The maximum absolute atomic E-state index is 13.3. The number of para-hydroxylation sites is 1. The average Bonchev–Trinajstić information content (AvgIpc) is 3.17. The maximum Gasteiger partial charge on any atom is 0.332 e. The van der Waals surface area contributed by atoms with Gasteiger partial charge < -0.3 is 9.30 Å². The number of methoxy groups -OCH3 is 1. The Labute approximate surface area is 183 Å². The molecule has 0 saturated heterocycles. The lowest BCUT2D eigenvalue weighted by atomic mass is 9.99. The van der Waals surface area contributed by atoms with E-state index < -0.39 is 5.69 Å². The Hall–Kier alpha value is -4.13. The van der Waals surface area contributed by atoms with E-state index in [1.54, 1.807) is 14.2 Å². The molecule has 0 N–H and O–H groups in total. The van der Waals surface area contributed by atoms with Crippen molar-refractivity contribution in [1.82, 2.24) is 18.7 Å². The van der Waals surface area contributed by atoms with E-state index in [2.05, 4.69) is 0 Å². The summed E-state index contributed by atoms with van der Waals surface area (Å²) < 4.78 is 9.87. The van der Waals surface area contributed by atoms with Crippen molar-refractivity contribution in [2.75, 3.05) is 7.11 Å². The van der Waals surface area contributed by atoms with Gasteiger partial charge in [0.25, 0.3) is 5.56 Å². The molecule has 0 atom stereocenters. The quantitative estimate of drug-likeness (QED) is 0.443. The van der Waals surface area contributed by atoms with Crippen molar-refractivity contribution in [1.29, 1.82) is 0 Å².